The van der Waals surface area contributed by atoms with Crippen molar-refractivity contribution in [3.05, 3.63) is 24.0 Å². The summed E-state index contributed by atoms with van der Waals surface area (Å²) in [5, 5.41) is 9.77. The second kappa shape index (κ2) is 8.16. The molecule has 1 atom stereocenters. The Bertz CT molecular complexity index is 348. The van der Waals surface area contributed by atoms with Gasteiger partial charge in [0.05, 0.1) is 23.7 Å². The van der Waals surface area contributed by atoms with Crippen LogP contribution in [0, 0.1) is 0 Å². The summed E-state index contributed by atoms with van der Waals surface area (Å²) in [4.78, 5) is 6.77. The SMILES string of the molecule is CCCCCN(c1ccc([C@@H](O)CC)nc1)C(C)C. The van der Waals surface area contributed by atoms with Gasteiger partial charge in [-0.2, -0.15) is 0 Å². The molecule has 1 aromatic heterocycles. The van der Waals surface area contributed by atoms with Gasteiger partial charge >= 0.3 is 0 Å². The molecule has 3 nitrogen and oxygen atoms in total. The average molecular weight is 264 g/mol. The molecule has 0 aliphatic heterocycles. The van der Waals surface area contributed by atoms with Crippen molar-refractivity contribution in [2.24, 2.45) is 0 Å². The highest BCUT2D eigenvalue weighted by molar-refractivity contribution is 5.45. The Morgan fingerprint density at radius 2 is 1.95 bits per heavy atom. The first-order valence-electron chi connectivity index (χ1n) is 7.50. The first-order valence-corrected chi connectivity index (χ1v) is 7.50. The number of aromatic nitrogens is 1. The van der Waals surface area contributed by atoms with Crippen LogP contribution in [0.3, 0.4) is 0 Å². The first-order chi connectivity index (χ1) is 9.10. The van der Waals surface area contributed by atoms with Crippen molar-refractivity contribution in [3.63, 3.8) is 0 Å². The lowest BCUT2D eigenvalue weighted by Gasteiger charge is -2.29. The lowest BCUT2D eigenvalue weighted by Crippen LogP contribution is -2.31. The molecule has 0 aromatic carbocycles. The molecule has 0 unspecified atom stereocenters. The minimum absolute atomic E-state index is 0.443. The fourth-order valence-electron chi connectivity index (χ4n) is 2.19. The molecular formula is C16H28N2O. The molecule has 0 bridgehead atoms. The molecule has 1 N–H and O–H groups in total. The van der Waals surface area contributed by atoms with Crippen LogP contribution < -0.4 is 4.90 Å². The quantitative estimate of drug-likeness (QED) is 0.723. The number of aliphatic hydroxyl groups is 1. The standard InChI is InChI=1S/C16H28N2O/c1-5-7-8-11-18(13(3)4)14-9-10-15(17-12-14)16(19)6-2/h9-10,12-13,16,19H,5-8,11H2,1-4H3/t16-/m0/s1. The maximum Gasteiger partial charge on any atom is 0.0957 e. The molecule has 0 spiro atoms. The summed E-state index contributed by atoms with van der Waals surface area (Å²) in [7, 11) is 0. The third-order valence-corrected chi connectivity index (χ3v) is 3.46. The van der Waals surface area contributed by atoms with E-state index in [4.69, 9.17) is 0 Å². The summed E-state index contributed by atoms with van der Waals surface area (Å²) >= 11 is 0. The van der Waals surface area contributed by atoms with Crippen LogP contribution >= 0.6 is 0 Å². The van der Waals surface area contributed by atoms with Crippen LogP contribution in [0.2, 0.25) is 0 Å². The van der Waals surface area contributed by atoms with Crippen LogP contribution in [0.25, 0.3) is 0 Å². The van der Waals surface area contributed by atoms with Gasteiger partial charge in [-0.3, -0.25) is 4.98 Å². The van der Waals surface area contributed by atoms with Crippen LogP contribution in [0.5, 0.6) is 0 Å². The summed E-state index contributed by atoms with van der Waals surface area (Å²) in [5.74, 6) is 0. The number of nitrogens with zero attached hydrogens (tertiary/aromatic N) is 2. The van der Waals surface area contributed by atoms with Crippen molar-refractivity contribution < 1.29 is 5.11 Å². The molecule has 1 rings (SSSR count). The number of aliphatic hydroxyl groups excluding tert-OH is 1. The number of pyridine rings is 1. The van der Waals surface area contributed by atoms with Crippen LogP contribution in [0.15, 0.2) is 18.3 Å². The Morgan fingerprint density at radius 3 is 2.42 bits per heavy atom. The maximum atomic E-state index is 9.77. The minimum Gasteiger partial charge on any atom is -0.387 e. The highest BCUT2D eigenvalue weighted by Crippen LogP contribution is 2.20. The molecule has 0 aliphatic rings. The Morgan fingerprint density at radius 1 is 1.21 bits per heavy atom. The van der Waals surface area contributed by atoms with Gasteiger partial charge in [-0.25, -0.2) is 0 Å². The number of hydrogen-bond donors (Lipinski definition) is 1. The zero-order chi connectivity index (χ0) is 14.3. The third-order valence-electron chi connectivity index (χ3n) is 3.46. The van der Waals surface area contributed by atoms with E-state index >= 15 is 0 Å². The molecule has 0 saturated heterocycles. The minimum atomic E-state index is -0.443. The van der Waals surface area contributed by atoms with Crippen molar-refractivity contribution in [2.45, 2.75) is 65.5 Å². The van der Waals surface area contributed by atoms with Crippen molar-refractivity contribution in [2.75, 3.05) is 11.4 Å². The first kappa shape index (κ1) is 16.0. The number of rotatable bonds is 8. The molecule has 0 saturated carbocycles. The molecule has 1 heterocycles. The zero-order valence-electron chi connectivity index (χ0n) is 12.8. The normalized spacial score (nSPS) is 12.7. The fourth-order valence-corrected chi connectivity index (χ4v) is 2.19. The second-order valence-electron chi connectivity index (χ2n) is 5.36. The fraction of sp³-hybridized carbons (Fsp3) is 0.688. The van der Waals surface area contributed by atoms with Gasteiger partial charge in [0.2, 0.25) is 0 Å². The molecule has 0 aliphatic carbocycles. The Balaban J connectivity index is 2.74. The van der Waals surface area contributed by atoms with E-state index in [2.05, 4.69) is 36.7 Å². The van der Waals surface area contributed by atoms with E-state index in [1.165, 1.54) is 19.3 Å². The average Bonchev–Trinajstić information content (AvgIpc) is 2.42. The van der Waals surface area contributed by atoms with E-state index in [1.807, 2.05) is 19.2 Å². The molecule has 0 fully saturated rings. The molecule has 1 aromatic rings. The van der Waals surface area contributed by atoms with Crippen LogP contribution in [-0.2, 0) is 0 Å². The molecule has 3 heteroatoms. The molecule has 108 valence electrons. The Labute approximate surface area is 117 Å². The Kier molecular flexibility index (Phi) is 6.85. The predicted octanol–water partition coefficient (Wildman–Crippen LogP) is 3.93. The van der Waals surface area contributed by atoms with E-state index in [0.717, 1.165) is 17.9 Å². The lowest BCUT2D eigenvalue weighted by atomic mass is 10.1. The van der Waals surface area contributed by atoms with Gasteiger partial charge in [-0.15, -0.1) is 0 Å². The van der Waals surface area contributed by atoms with Crippen LogP contribution in [0.4, 0.5) is 5.69 Å². The van der Waals surface area contributed by atoms with E-state index in [1.54, 1.807) is 0 Å². The van der Waals surface area contributed by atoms with E-state index in [0.29, 0.717) is 12.5 Å². The van der Waals surface area contributed by atoms with Crippen molar-refractivity contribution in [3.8, 4) is 0 Å². The largest absolute Gasteiger partial charge is 0.387 e. The summed E-state index contributed by atoms with van der Waals surface area (Å²) in [6, 6.07) is 4.49. The van der Waals surface area contributed by atoms with Gasteiger partial charge in [0.15, 0.2) is 0 Å². The molecule has 0 amide bonds. The van der Waals surface area contributed by atoms with Gasteiger partial charge in [-0.1, -0.05) is 26.7 Å². The molecular weight excluding hydrogens is 236 g/mol. The van der Waals surface area contributed by atoms with Crippen molar-refractivity contribution in [1.82, 2.24) is 4.98 Å². The van der Waals surface area contributed by atoms with Gasteiger partial charge in [0, 0.05) is 12.6 Å². The zero-order valence-corrected chi connectivity index (χ0v) is 12.8. The summed E-state index contributed by atoms with van der Waals surface area (Å²) < 4.78 is 0. The summed E-state index contributed by atoms with van der Waals surface area (Å²) in [6.07, 6.45) is 5.88. The predicted molar refractivity (Wildman–Crippen MR) is 81.5 cm³/mol. The smallest absolute Gasteiger partial charge is 0.0957 e. The van der Waals surface area contributed by atoms with Gasteiger partial charge in [-0.05, 0) is 38.8 Å². The van der Waals surface area contributed by atoms with E-state index in [-0.39, 0.29) is 0 Å². The highest BCUT2D eigenvalue weighted by Gasteiger charge is 2.12. The van der Waals surface area contributed by atoms with Crippen molar-refractivity contribution in [1.29, 1.82) is 0 Å². The van der Waals surface area contributed by atoms with Gasteiger partial charge in [0.25, 0.3) is 0 Å². The van der Waals surface area contributed by atoms with Crippen molar-refractivity contribution >= 4 is 5.69 Å². The molecule has 19 heavy (non-hydrogen) atoms. The summed E-state index contributed by atoms with van der Waals surface area (Å²) in [6.45, 7) is 9.68. The highest BCUT2D eigenvalue weighted by atomic mass is 16.3. The van der Waals surface area contributed by atoms with Gasteiger partial charge in [0.1, 0.15) is 0 Å². The maximum absolute atomic E-state index is 9.77. The lowest BCUT2D eigenvalue weighted by molar-refractivity contribution is 0.169. The monoisotopic (exact) mass is 264 g/mol. The Hall–Kier alpha value is -1.09. The third kappa shape index (κ3) is 4.83. The van der Waals surface area contributed by atoms with Gasteiger partial charge < -0.3 is 10.0 Å². The molecule has 0 radical (unpaired) electrons. The van der Waals surface area contributed by atoms with E-state index < -0.39 is 6.10 Å². The van der Waals surface area contributed by atoms with E-state index in [9.17, 15) is 5.11 Å². The number of hydrogen-bond acceptors (Lipinski definition) is 3. The summed E-state index contributed by atoms with van der Waals surface area (Å²) in [5.41, 5.74) is 1.92. The number of anilines is 1. The number of unbranched alkanes of at least 4 members (excludes halogenated alkanes) is 2. The second-order valence-corrected chi connectivity index (χ2v) is 5.36. The van der Waals surface area contributed by atoms with Crippen LogP contribution in [-0.4, -0.2) is 22.7 Å². The van der Waals surface area contributed by atoms with Crippen LogP contribution in [0.1, 0.15) is 65.2 Å². The topological polar surface area (TPSA) is 36.4 Å².